The van der Waals surface area contributed by atoms with Crippen LogP contribution in [0, 0.1) is 6.92 Å². The molecule has 37 heavy (non-hydrogen) atoms. The fraction of sp³-hybridized carbons (Fsp3) is 0.233. The second-order valence-electron chi connectivity index (χ2n) is 9.24. The number of ether oxygens (including phenoxy) is 1. The molecule has 0 aliphatic carbocycles. The summed E-state index contributed by atoms with van der Waals surface area (Å²) in [6, 6.07) is 21.9. The van der Waals surface area contributed by atoms with Gasteiger partial charge in [0.15, 0.2) is 0 Å². The maximum Gasteiger partial charge on any atom is 0.349 e. The molecule has 1 amide bonds. The fourth-order valence-electron chi connectivity index (χ4n) is 4.86. The molecule has 1 saturated heterocycles. The average Bonchev–Trinajstić information content (AvgIpc) is 2.92. The first-order chi connectivity index (χ1) is 17.9. The van der Waals surface area contributed by atoms with Gasteiger partial charge in [-0.3, -0.25) is 4.79 Å². The highest BCUT2D eigenvalue weighted by Crippen LogP contribution is 2.28. The smallest absolute Gasteiger partial charge is 0.349 e. The molecule has 0 radical (unpaired) electrons. The Kier molecular flexibility index (Phi) is 6.77. The molecule has 188 valence electrons. The van der Waals surface area contributed by atoms with Crippen LogP contribution in [0.2, 0.25) is 0 Å². The number of carboxylic acids is 1. The van der Waals surface area contributed by atoms with Gasteiger partial charge in [-0.15, -0.1) is 0 Å². The molecule has 7 nitrogen and oxygen atoms in total. The first-order valence-corrected chi connectivity index (χ1v) is 12.3. The van der Waals surface area contributed by atoms with Crippen LogP contribution >= 0.6 is 0 Å². The van der Waals surface area contributed by atoms with Gasteiger partial charge < -0.3 is 19.2 Å². The lowest BCUT2D eigenvalue weighted by Crippen LogP contribution is -2.48. The first kappa shape index (κ1) is 24.3. The van der Waals surface area contributed by atoms with Gasteiger partial charge in [-0.05, 0) is 72.7 Å². The van der Waals surface area contributed by atoms with Gasteiger partial charge in [0.2, 0.25) is 0 Å². The van der Waals surface area contributed by atoms with Crippen molar-refractivity contribution >= 4 is 22.8 Å². The Labute approximate surface area is 213 Å². The quantitative estimate of drug-likeness (QED) is 0.357. The minimum Gasteiger partial charge on any atom is -0.489 e. The van der Waals surface area contributed by atoms with Gasteiger partial charge >= 0.3 is 11.6 Å². The molecule has 1 aliphatic rings. The zero-order valence-electron chi connectivity index (χ0n) is 20.5. The highest BCUT2D eigenvalue weighted by Gasteiger charge is 2.33. The number of fused-ring (bicyclic) bond motifs is 1. The third-order valence-electron chi connectivity index (χ3n) is 6.91. The molecule has 3 aromatic carbocycles. The van der Waals surface area contributed by atoms with E-state index < -0.39 is 23.5 Å². The number of rotatable bonds is 6. The van der Waals surface area contributed by atoms with Crippen molar-refractivity contribution < 1.29 is 23.8 Å². The SMILES string of the molecule is Cc1c(COc2ccc3oc(=O)c(C(=O)N4CCCC[C@@H]4C(=O)O)cc3c2)cccc1-c1ccccc1. The van der Waals surface area contributed by atoms with Crippen LogP contribution in [0.4, 0.5) is 0 Å². The van der Waals surface area contributed by atoms with Crippen molar-refractivity contribution in [1.29, 1.82) is 0 Å². The molecular formula is C30H27NO6. The second kappa shape index (κ2) is 10.3. The van der Waals surface area contributed by atoms with Crippen LogP contribution in [-0.2, 0) is 11.4 Å². The maximum atomic E-state index is 13.1. The monoisotopic (exact) mass is 497 g/mol. The summed E-state index contributed by atoms with van der Waals surface area (Å²) in [5, 5.41) is 10.1. The Morgan fingerprint density at radius 3 is 2.62 bits per heavy atom. The Bertz CT molecular complexity index is 1520. The summed E-state index contributed by atoms with van der Waals surface area (Å²) in [6.45, 7) is 2.70. The van der Waals surface area contributed by atoms with Crippen LogP contribution in [0.25, 0.3) is 22.1 Å². The summed E-state index contributed by atoms with van der Waals surface area (Å²) in [5.74, 6) is -1.13. The number of hydrogen-bond acceptors (Lipinski definition) is 5. The number of amides is 1. The van der Waals surface area contributed by atoms with E-state index in [9.17, 15) is 19.5 Å². The summed E-state index contributed by atoms with van der Waals surface area (Å²) >= 11 is 0. The van der Waals surface area contributed by atoms with Crippen LogP contribution < -0.4 is 10.4 Å². The van der Waals surface area contributed by atoms with E-state index in [2.05, 4.69) is 25.1 Å². The lowest BCUT2D eigenvalue weighted by molar-refractivity contribution is -0.143. The number of likely N-dealkylation sites (tertiary alicyclic amines) is 1. The molecule has 1 N–H and O–H groups in total. The Morgan fingerprint density at radius 2 is 1.84 bits per heavy atom. The van der Waals surface area contributed by atoms with Crippen LogP contribution in [-0.4, -0.2) is 34.5 Å². The van der Waals surface area contributed by atoms with E-state index in [0.29, 0.717) is 36.2 Å². The van der Waals surface area contributed by atoms with Gasteiger partial charge in [0.25, 0.3) is 5.91 Å². The number of nitrogens with zero attached hydrogens (tertiary/aromatic N) is 1. The number of hydrogen-bond donors (Lipinski definition) is 1. The molecule has 5 rings (SSSR count). The van der Waals surface area contributed by atoms with Crippen LogP contribution in [0.15, 0.2) is 82.0 Å². The van der Waals surface area contributed by atoms with Gasteiger partial charge in [-0.2, -0.15) is 0 Å². The van der Waals surface area contributed by atoms with Crippen molar-refractivity contribution in [3.8, 4) is 16.9 Å². The summed E-state index contributed by atoms with van der Waals surface area (Å²) in [6.07, 6.45) is 1.78. The van der Waals surface area contributed by atoms with Crippen molar-refractivity contribution in [3.63, 3.8) is 0 Å². The Hall–Kier alpha value is -4.39. The minimum absolute atomic E-state index is 0.177. The largest absolute Gasteiger partial charge is 0.489 e. The molecule has 2 heterocycles. The summed E-state index contributed by atoms with van der Waals surface area (Å²) in [4.78, 5) is 38.6. The number of piperidine rings is 1. The normalized spacial score (nSPS) is 15.5. The van der Waals surface area contributed by atoms with Crippen LogP contribution in [0.3, 0.4) is 0 Å². The summed E-state index contributed by atoms with van der Waals surface area (Å²) in [5.41, 5.74) is 3.81. The Morgan fingerprint density at radius 1 is 1.03 bits per heavy atom. The predicted molar refractivity (Wildman–Crippen MR) is 140 cm³/mol. The van der Waals surface area contributed by atoms with E-state index >= 15 is 0 Å². The van der Waals surface area contributed by atoms with E-state index in [1.165, 1.54) is 11.0 Å². The van der Waals surface area contributed by atoms with Crippen molar-refractivity contribution in [2.24, 2.45) is 0 Å². The van der Waals surface area contributed by atoms with E-state index in [1.54, 1.807) is 18.2 Å². The van der Waals surface area contributed by atoms with Gasteiger partial charge in [0, 0.05) is 11.9 Å². The summed E-state index contributed by atoms with van der Waals surface area (Å²) < 4.78 is 11.5. The predicted octanol–water partition coefficient (Wildman–Crippen LogP) is 5.43. The van der Waals surface area contributed by atoms with Crippen molar-refractivity contribution in [2.45, 2.75) is 38.8 Å². The zero-order chi connectivity index (χ0) is 25.9. The van der Waals surface area contributed by atoms with Crippen LogP contribution in [0.5, 0.6) is 5.75 Å². The highest BCUT2D eigenvalue weighted by molar-refractivity contribution is 5.98. The molecule has 1 aromatic heterocycles. The minimum atomic E-state index is -1.07. The average molecular weight is 498 g/mol. The third kappa shape index (κ3) is 4.98. The van der Waals surface area contributed by atoms with E-state index in [-0.39, 0.29) is 12.1 Å². The molecule has 1 aliphatic heterocycles. The molecule has 1 fully saturated rings. The molecule has 0 saturated carbocycles. The maximum absolute atomic E-state index is 13.1. The molecular weight excluding hydrogens is 470 g/mol. The summed E-state index contributed by atoms with van der Waals surface area (Å²) in [7, 11) is 0. The van der Waals surface area contributed by atoms with E-state index in [0.717, 1.165) is 28.7 Å². The fourth-order valence-corrected chi connectivity index (χ4v) is 4.86. The van der Waals surface area contributed by atoms with E-state index in [4.69, 9.17) is 9.15 Å². The van der Waals surface area contributed by atoms with Crippen molar-refractivity contribution in [2.75, 3.05) is 6.54 Å². The third-order valence-corrected chi connectivity index (χ3v) is 6.91. The molecule has 0 spiro atoms. The number of benzene rings is 3. The van der Waals surface area contributed by atoms with Gasteiger partial charge in [-0.25, -0.2) is 9.59 Å². The van der Waals surface area contributed by atoms with Crippen molar-refractivity contribution in [1.82, 2.24) is 4.90 Å². The molecule has 1 atom stereocenters. The van der Waals surface area contributed by atoms with Crippen molar-refractivity contribution in [3.05, 3.63) is 99.9 Å². The lowest BCUT2D eigenvalue weighted by atomic mass is 9.97. The topological polar surface area (TPSA) is 97.0 Å². The molecule has 0 unspecified atom stereocenters. The number of aliphatic carboxylic acids is 1. The number of carboxylic acid groups (broad SMARTS) is 1. The number of carbonyl (C=O) groups is 2. The second-order valence-corrected chi connectivity index (χ2v) is 9.24. The molecule has 4 aromatic rings. The Balaban J connectivity index is 1.39. The molecule has 0 bridgehead atoms. The van der Waals surface area contributed by atoms with Crippen LogP contribution in [0.1, 0.15) is 40.7 Å². The van der Waals surface area contributed by atoms with Gasteiger partial charge in [-0.1, -0.05) is 48.5 Å². The molecule has 7 heteroatoms. The lowest BCUT2D eigenvalue weighted by Gasteiger charge is -2.32. The highest BCUT2D eigenvalue weighted by atomic mass is 16.5. The standard InChI is InChI=1S/C30H27NO6/c1-19-21(10-7-11-24(19)20-8-3-2-4-9-20)18-36-23-13-14-27-22(16-23)17-25(30(35)37-27)28(32)31-15-6-5-12-26(31)29(33)34/h2-4,7-11,13-14,16-17,26H,5-6,12,15,18H2,1H3,(H,33,34)/t26-/m1/s1. The zero-order valence-corrected chi connectivity index (χ0v) is 20.5. The number of carbonyl (C=O) groups excluding carboxylic acids is 1. The first-order valence-electron chi connectivity index (χ1n) is 12.3. The van der Waals surface area contributed by atoms with E-state index in [1.807, 2.05) is 30.3 Å². The van der Waals surface area contributed by atoms with Gasteiger partial charge in [0.1, 0.15) is 29.5 Å². The van der Waals surface area contributed by atoms with Gasteiger partial charge in [0.05, 0.1) is 0 Å².